The van der Waals surface area contributed by atoms with Crippen LogP contribution in [0.2, 0.25) is 5.15 Å². The first kappa shape index (κ1) is 36.4. The molecule has 0 radical (unpaired) electrons. The predicted molar refractivity (Wildman–Crippen MR) is 207 cm³/mol. The molecule has 7 rings (SSSR count). The van der Waals surface area contributed by atoms with Crippen molar-refractivity contribution in [1.82, 2.24) is 29.1 Å². The summed E-state index contributed by atoms with van der Waals surface area (Å²) in [4.78, 5) is 33.0. The van der Waals surface area contributed by atoms with E-state index in [1.165, 1.54) is 5.56 Å². The number of hydrogen-bond donors (Lipinski definition) is 2. The van der Waals surface area contributed by atoms with Gasteiger partial charge in [0.25, 0.3) is 11.1 Å². The Morgan fingerprint density at radius 1 is 0.623 bits per heavy atom. The van der Waals surface area contributed by atoms with Crippen LogP contribution in [-0.2, 0) is 26.2 Å². The number of nitrogens with zero attached hydrogens (tertiary/aromatic N) is 7. The van der Waals surface area contributed by atoms with E-state index < -0.39 is 0 Å². The predicted octanol–water partition coefficient (Wildman–Crippen LogP) is 5.44. The topological polar surface area (TPSA) is 120 Å². The number of pyridine rings is 2. The van der Waals surface area contributed by atoms with Crippen LogP contribution in [0.5, 0.6) is 11.5 Å². The number of piperazine rings is 1. The van der Waals surface area contributed by atoms with Crippen molar-refractivity contribution in [2.24, 2.45) is 0 Å². The van der Waals surface area contributed by atoms with Crippen LogP contribution in [-0.4, -0.2) is 78.6 Å². The van der Waals surface area contributed by atoms with Gasteiger partial charge in [-0.1, -0.05) is 72.6 Å². The van der Waals surface area contributed by atoms with E-state index in [1.54, 1.807) is 27.6 Å². The first-order chi connectivity index (χ1) is 25.8. The molecule has 276 valence electrons. The quantitative estimate of drug-likeness (QED) is 0.193. The SMILES string of the molecule is O=c1c(O)c(CN2CCCCC(c3cccc(Cn4ccc(CN5CCN(c6ccc(Cl)nn6)CC5)c(O)c4=O)c3)CC2)ccn1Cc1ccccc1. The lowest BCUT2D eigenvalue weighted by Gasteiger charge is -2.35. The highest BCUT2D eigenvalue weighted by molar-refractivity contribution is 6.29. The van der Waals surface area contributed by atoms with Gasteiger partial charge in [-0.25, -0.2) is 0 Å². The van der Waals surface area contributed by atoms with E-state index in [0.29, 0.717) is 48.4 Å². The second-order valence-corrected chi connectivity index (χ2v) is 14.6. The minimum Gasteiger partial charge on any atom is -0.503 e. The van der Waals surface area contributed by atoms with Crippen LogP contribution in [0.3, 0.4) is 0 Å². The molecule has 0 saturated carbocycles. The van der Waals surface area contributed by atoms with Gasteiger partial charge in [0.15, 0.2) is 22.5 Å². The Morgan fingerprint density at radius 3 is 1.92 bits per heavy atom. The summed E-state index contributed by atoms with van der Waals surface area (Å²) in [6.45, 7) is 6.62. The summed E-state index contributed by atoms with van der Waals surface area (Å²) >= 11 is 5.88. The van der Waals surface area contributed by atoms with E-state index in [9.17, 15) is 19.8 Å². The highest BCUT2D eigenvalue weighted by Gasteiger charge is 2.22. The van der Waals surface area contributed by atoms with Crippen molar-refractivity contribution in [3.63, 3.8) is 0 Å². The Balaban J connectivity index is 0.951. The van der Waals surface area contributed by atoms with Gasteiger partial charge in [0, 0.05) is 62.8 Å². The van der Waals surface area contributed by atoms with Gasteiger partial charge in [-0.3, -0.25) is 19.4 Å². The molecule has 2 aromatic carbocycles. The zero-order chi connectivity index (χ0) is 36.7. The Hall–Kier alpha value is -4.97. The van der Waals surface area contributed by atoms with E-state index >= 15 is 0 Å². The fraction of sp³-hybridized carbons (Fsp3) is 0.366. The molecule has 5 heterocycles. The van der Waals surface area contributed by atoms with Crippen LogP contribution in [0.15, 0.2) is 101 Å². The van der Waals surface area contributed by atoms with E-state index in [0.717, 1.165) is 81.9 Å². The lowest BCUT2D eigenvalue weighted by atomic mass is 9.88. The molecule has 3 aromatic heterocycles. The largest absolute Gasteiger partial charge is 0.503 e. The summed E-state index contributed by atoms with van der Waals surface area (Å²) in [7, 11) is 0. The Kier molecular flexibility index (Phi) is 11.5. The molecule has 12 heteroatoms. The number of rotatable bonds is 10. The number of aromatic hydroxyl groups is 2. The molecule has 2 aliphatic heterocycles. The molecule has 0 amide bonds. The Labute approximate surface area is 314 Å². The maximum atomic E-state index is 13.3. The van der Waals surface area contributed by atoms with Crippen LogP contribution in [0.25, 0.3) is 0 Å². The van der Waals surface area contributed by atoms with Crippen LogP contribution in [0.1, 0.15) is 59.4 Å². The average Bonchev–Trinajstić information content (AvgIpc) is 3.17. The molecule has 2 N–H and O–H groups in total. The summed E-state index contributed by atoms with van der Waals surface area (Å²) in [6.07, 6.45) is 7.71. The molecule has 2 fully saturated rings. The smallest absolute Gasteiger partial charge is 0.293 e. The number of likely N-dealkylation sites (tertiary alicyclic amines) is 1. The third-order valence-corrected chi connectivity index (χ3v) is 10.8. The van der Waals surface area contributed by atoms with Crippen molar-refractivity contribution >= 4 is 17.4 Å². The third kappa shape index (κ3) is 8.98. The molecule has 53 heavy (non-hydrogen) atoms. The average molecular weight is 736 g/mol. The van der Waals surface area contributed by atoms with E-state index in [4.69, 9.17) is 11.6 Å². The van der Waals surface area contributed by atoms with Gasteiger partial charge in [0.1, 0.15) is 0 Å². The molecule has 5 aromatic rings. The normalized spacial score (nSPS) is 17.4. The Bertz CT molecular complexity index is 2110. The van der Waals surface area contributed by atoms with Crippen LogP contribution >= 0.6 is 11.6 Å². The summed E-state index contributed by atoms with van der Waals surface area (Å²) < 4.78 is 3.13. The van der Waals surface area contributed by atoms with Gasteiger partial charge in [-0.15, -0.1) is 10.2 Å². The second kappa shape index (κ2) is 16.8. The van der Waals surface area contributed by atoms with Crippen LogP contribution in [0.4, 0.5) is 5.82 Å². The molecule has 2 saturated heterocycles. The molecule has 0 bridgehead atoms. The minimum atomic E-state index is -0.388. The highest BCUT2D eigenvalue weighted by Crippen LogP contribution is 2.30. The lowest BCUT2D eigenvalue weighted by molar-refractivity contribution is 0.227. The number of anilines is 1. The molecule has 1 atom stereocenters. The van der Waals surface area contributed by atoms with Gasteiger partial charge in [-0.2, -0.15) is 0 Å². The van der Waals surface area contributed by atoms with Gasteiger partial charge >= 0.3 is 0 Å². The number of hydrogen-bond acceptors (Lipinski definition) is 9. The standard InChI is InChI=1S/C41H46ClN7O4/c42-36-12-13-37(44-43-36)47-23-21-46(22-24-47)29-35-16-20-49(41(53)39(35)51)27-31-9-6-11-33(25-31)32-10-4-5-17-45(18-14-32)28-34-15-19-48(40(52)38(34)50)26-30-7-2-1-3-8-30/h1-3,6-9,11-13,15-16,19-20,25,32,50-51H,4-5,10,14,17-18,21-24,26-29H2. The second-order valence-electron chi connectivity index (χ2n) is 14.2. The van der Waals surface area contributed by atoms with Gasteiger partial charge in [-0.05, 0) is 79.2 Å². The Morgan fingerprint density at radius 2 is 1.26 bits per heavy atom. The van der Waals surface area contributed by atoms with Crippen molar-refractivity contribution in [2.75, 3.05) is 44.2 Å². The number of halogens is 1. The molecular formula is C41H46ClN7O4. The minimum absolute atomic E-state index is 0.173. The lowest BCUT2D eigenvalue weighted by Crippen LogP contribution is -2.46. The zero-order valence-electron chi connectivity index (χ0n) is 29.9. The fourth-order valence-corrected chi connectivity index (χ4v) is 7.63. The monoisotopic (exact) mass is 735 g/mol. The van der Waals surface area contributed by atoms with Crippen LogP contribution in [0, 0.1) is 0 Å². The van der Waals surface area contributed by atoms with Crippen LogP contribution < -0.4 is 16.0 Å². The van der Waals surface area contributed by atoms with Gasteiger partial charge < -0.3 is 24.2 Å². The molecule has 0 spiro atoms. The van der Waals surface area contributed by atoms with E-state index in [2.05, 4.69) is 43.1 Å². The summed E-state index contributed by atoms with van der Waals surface area (Å²) in [6, 6.07) is 25.5. The van der Waals surface area contributed by atoms with Crippen molar-refractivity contribution in [2.45, 2.75) is 57.8 Å². The number of aromatic nitrogens is 4. The third-order valence-electron chi connectivity index (χ3n) is 10.6. The van der Waals surface area contributed by atoms with Gasteiger partial charge in [0.05, 0.1) is 13.1 Å². The molecule has 2 aliphatic rings. The molecular weight excluding hydrogens is 690 g/mol. The summed E-state index contributed by atoms with van der Waals surface area (Å²) in [5, 5.41) is 30.3. The fourth-order valence-electron chi connectivity index (χ4n) is 7.53. The molecule has 0 aliphatic carbocycles. The maximum Gasteiger partial charge on any atom is 0.293 e. The summed E-state index contributed by atoms with van der Waals surface area (Å²) in [5.74, 6) is 0.768. The van der Waals surface area contributed by atoms with E-state index in [1.807, 2.05) is 54.6 Å². The van der Waals surface area contributed by atoms with Gasteiger partial charge in [0.2, 0.25) is 0 Å². The number of benzene rings is 2. The zero-order valence-corrected chi connectivity index (χ0v) is 30.6. The van der Waals surface area contributed by atoms with Crippen molar-refractivity contribution in [3.8, 4) is 11.5 Å². The first-order valence-corrected chi connectivity index (χ1v) is 18.8. The highest BCUT2D eigenvalue weighted by atomic mass is 35.5. The van der Waals surface area contributed by atoms with Crippen molar-refractivity contribution in [3.05, 3.63) is 145 Å². The molecule has 1 unspecified atom stereocenters. The van der Waals surface area contributed by atoms with E-state index in [-0.39, 0.29) is 22.6 Å². The summed E-state index contributed by atoms with van der Waals surface area (Å²) in [5.41, 5.74) is 3.79. The van der Waals surface area contributed by atoms with Crippen molar-refractivity contribution in [1.29, 1.82) is 0 Å². The maximum absolute atomic E-state index is 13.3. The molecule has 11 nitrogen and oxygen atoms in total. The van der Waals surface area contributed by atoms with Crippen molar-refractivity contribution < 1.29 is 10.2 Å². The first-order valence-electron chi connectivity index (χ1n) is 18.4.